The predicted molar refractivity (Wildman–Crippen MR) is 79.2 cm³/mol. The molecule has 1 aliphatic heterocycles. The molecule has 21 heavy (non-hydrogen) atoms. The van der Waals surface area contributed by atoms with Crippen molar-refractivity contribution in [1.29, 1.82) is 0 Å². The van der Waals surface area contributed by atoms with Crippen molar-refractivity contribution in [3.63, 3.8) is 0 Å². The minimum Gasteiger partial charge on any atom is -0.484 e. The fraction of sp³-hybridized carbons (Fsp3) is 0.250. The molecular formula is C16H16N2O3. The van der Waals surface area contributed by atoms with Crippen LogP contribution in [0.5, 0.6) is 5.75 Å². The normalized spacial score (nSPS) is 18.0. The molecule has 5 heteroatoms. The van der Waals surface area contributed by atoms with Gasteiger partial charge in [-0.25, -0.2) is 0 Å². The summed E-state index contributed by atoms with van der Waals surface area (Å²) in [4.78, 5) is 12.5. The molecule has 0 bridgehead atoms. The van der Waals surface area contributed by atoms with Gasteiger partial charge in [0.1, 0.15) is 11.9 Å². The minimum atomic E-state index is -0.409. The molecule has 0 radical (unpaired) electrons. The summed E-state index contributed by atoms with van der Waals surface area (Å²) in [6, 6.07) is 14.5. The van der Waals surface area contributed by atoms with Crippen molar-refractivity contribution in [1.82, 2.24) is 4.90 Å². The molecule has 1 atom stereocenters. The van der Waals surface area contributed by atoms with Gasteiger partial charge < -0.3 is 4.74 Å². The average Bonchev–Trinajstić information content (AvgIpc) is 2.47. The molecule has 1 heterocycles. The average molecular weight is 284 g/mol. The van der Waals surface area contributed by atoms with Crippen molar-refractivity contribution in [3.8, 4) is 5.75 Å². The van der Waals surface area contributed by atoms with Crippen LogP contribution >= 0.6 is 0 Å². The molecule has 108 valence electrons. The molecule has 0 aromatic heterocycles. The van der Waals surface area contributed by atoms with Gasteiger partial charge in [0.15, 0.2) is 0 Å². The maximum Gasteiger partial charge on any atom is 0.269 e. The lowest BCUT2D eigenvalue weighted by Gasteiger charge is -2.32. The number of likely N-dealkylation sites (N-methyl/N-ethyl adjacent to an activating group) is 1. The first kappa shape index (κ1) is 13.6. The minimum absolute atomic E-state index is 0.0543. The van der Waals surface area contributed by atoms with Crippen LogP contribution in [0, 0.1) is 10.1 Å². The lowest BCUT2D eigenvalue weighted by atomic mass is 9.98. The zero-order valence-corrected chi connectivity index (χ0v) is 11.7. The van der Waals surface area contributed by atoms with Crippen LogP contribution in [0.4, 0.5) is 5.69 Å². The third-order valence-electron chi connectivity index (χ3n) is 3.65. The third kappa shape index (κ3) is 2.87. The summed E-state index contributed by atoms with van der Waals surface area (Å²) in [6.07, 6.45) is -0.0543. The Labute approximate surface area is 122 Å². The van der Waals surface area contributed by atoms with Gasteiger partial charge in [-0.1, -0.05) is 24.3 Å². The summed E-state index contributed by atoms with van der Waals surface area (Å²) in [7, 11) is 2.06. The predicted octanol–water partition coefficient (Wildman–Crippen LogP) is 3.16. The molecule has 2 aromatic rings. The number of non-ortho nitro benzene ring substituents is 1. The van der Waals surface area contributed by atoms with Gasteiger partial charge in [0.25, 0.3) is 5.69 Å². The van der Waals surface area contributed by atoms with Gasteiger partial charge in [0.2, 0.25) is 0 Å². The number of hydrogen-bond acceptors (Lipinski definition) is 4. The number of nitro groups is 1. The number of nitro benzene ring substituents is 1. The Hall–Kier alpha value is -2.40. The molecule has 0 saturated carbocycles. The van der Waals surface area contributed by atoms with Crippen LogP contribution in [-0.2, 0) is 6.54 Å². The zero-order valence-electron chi connectivity index (χ0n) is 11.7. The Bertz CT molecular complexity index is 655. The molecule has 0 spiro atoms. The molecule has 5 nitrogen and oxygen atoms in total. The number of hydrogen-bond donors (Lipinski definition) is 0. The van der Waals surface area contributed by atoms with Gasteiger partial charge >= 0.3 is 0 Å². The summed E-state index contributed by atoms with van der Waals surface area (Å²) < 4.78 is 6.02. The Morgan fingerprint density at radius 3 is 2.62 bits per heavy atom. The second kappa shape index (κ2) is 5.54. The van der Waals surface area contributed by atoms with Crippen molar-refractivity contribution >= 4 is 5.69 Å². The lowest BCUT2D eigenvalue weighted by Crippen LogP contribution is -2.32. The van der Waals surface area contributed by atoms with Crippen molar-refractivity contribution in [2.45, 2.75) is 12.6 Å². The van der Waals surface area contributed by atoms with E-state index in [2.05, 4.69) is 24.1 Å². The summed E-state index contributed by atoms with van der Waals surface area (Å²) in [5, 5.41) is 10.7. The van der Waals surface area contributed by atoms with E-state index < -0.39 is 4.92 Å². The van der Waals surface area contributed by atoms with Gasteiger partial charge in [-0.05, 0) is 30.3 Å². The standard InChI is InChI=1S/C16H16N2O3/c1-17-10-12-4-2-3-5-15(12)16(11-17)21-14-8-6-13(7-9-14)18(19)20/h2-9,16H,10-11H2,1H3. The van der Waals surface area contributed by atoms with E-state index in [0.717, 1.165) is 13.1 Å². The number of rotatable bonds is 3. The van der Waals surface area contributed by atoms with E-state index in [1.165, 1.54) is 23.3 Å². The van der Waals surface area contributed by atoms with Gasteiger partial charge in [-0.3, -0.25) is 15.0 Å². The Balaban J connectivity index is 1.83. The molecular weight excluding hydrogens is 268 g/mol. The van der Waals surface area contributed by atoms with Gasteiger partial charge in [-0.2, -0.15) is 0 Å². The molecule has 1 unspecified atom stereocenters. The first-order chi connectivity index (χ1) is 10.1. The summed E-state index contributed by atoms with van der Waals surface area (Å²) in [5.41, 5.74) is 2.52. The van der Waals surface area contributed by atoms with Crippen LogP contribution in [0.2, 0.25) is 0 Å². The second-order valence-corrected chi connectivity index (χ2v) is 5.25. The van der Waals surface area contributed by atoms with E-state index in [9.17, 15) is 10.1 Å². The van der Waals surface area contributed by atoms with E-state index in [-0.39, 0.29) is 11.8 Å². The molecule has 1 aliphatic rings. The van der Waals surface area contributed by atoms with Crippen LogP contribution in [0.15, 0.2) is 48.5 Å². The maximum absolute atomic E-state index is 10.7. The monoisotopic (exact) mass is 284 g/mol. The first-order valence-electron chi connectivity index (χ1n) is 6.81. The molecule has 3 rings (SSSR count). The van der Waals surface area contributed by atoms with Crippen LogP contribution in [-0.4, -0.2) is 23.4 Å². The highest BCUT2D eigenvalue weighted by molar-refractivity contribution is 5.37. The molecule has 2 aromatic carbocycles. The van der Waals surface area contributed by atoms with Crippen molar-refractivity contribution < 1.29 is 9.66 Å². The van der Waals surface area contributed by atoms with Crippen LogP contribution in [0.3, 0.4) is 0 Å². The largest absolute Gasteiger partial charge is 0.484 e. The first-order valence-corrected chi connectivity index (χ1v) is 6.81. The third-order valence-corrected chi connectivity index (χ3v) is 3.65. The van der Waals surface area contributed by atoms with Crippen LogP contribution < -0.4 is 4.74 Å². The molecule has 0 amide bonds. The highest BCUT2D eigenvalue weighted by atomic mass is 16.6. The number of benzene rings is 2. The number of nitrogens with zero attached hydrogens (tertiary/aromatic N) is 2. The van der Waals surface area contributed by atoms with Gasteiger partial charge in [0.05, 0.1) is 4.92 Å². The topological polar surface area (TPSA) is 55.6 Å². The molecule has 0 aliphatic carbocycles. The fourth-order valence-electron chi connectivity index (χ4n) is 2.64. The van der Waals surface area contributed by atoms with E-state index in [4.69, 9.17) is 4.74 Å². The number of ether oxygens (including phenoxy) is 1. The summed E-state index contributed by atoms with van der Waals surface area (Å²) in [5.74, 6) is 0.649. The highest BCUT2D eigenvalue weighted by Crippen LogP contribution is 2.30. The number of fused-ring (bicyclic) bond motifs is 1. The Kier molecular flexibility index (Phi) is 3.58. The maximum atomic E-state index is 10.7. The Morgan fingerprint density at radius 2 is 1.90 bits per heavy atom. The zero-order chi connectivity index (χ0) is 14.8. The van der Waals surface area contributed by atoms with E-state index in [1.54, 1.807) is 12.1 Å². The summed E-state index contributed by atoms with van der Waals surface area (Å²) in [6.45, 7) is 1.71. The molecule has 0 N–H and O–H groups in total. The van der Waals surface area contributed by atoms with Crippen molar-refractivity contribution in [2.24, 2.45) is 0 Å². The van der Waals surface area contributed by atoms with E-state index >= 15 is 0 Å². The van der Waals surface area contributed by atoms with Crippen LogP contribution in [0.1, 0.15) is 17.2 Å². The smallest absolute Gasteiger partial charge is 0.269 e. The van der Waals surface area contributed by atoms with Gasteiger partial charge in [-0.15, -0.1) is 0 Å². The molecule has 0 saturated heterocycles. The van der Waals surface area contributed by atoms with E-state index in [0.29, 0.717) is 5.75 Å². The molecule has 0 fully saturated rings. The van der Waals surface area contributed by atoms with Crippen molar-refractivity contribution in [2.75, 3.05) is 13.6 Å². The highest BCUT2D eigenvalue weighted by Gasteiger charge is 2.24. The quantitative estimate of drug-likeness (QED) is 0.641. The summed E-state index contributed by atoms with van der Waals surface area (Å²) >= 11 is 0. The second-order valence-electron chi connectivity index (χ2n) is 5.25. The Morgan fingerprint density at radius 1 is 1.19 bits per heavy atom. The fourth-order valence-corrected chi connectivity index (χ4v) is 2.64. The van der Waals surface area contributed by atoms with Crippen molar-refractivity contribution in [3.05, 3.63) is 69.8 Å². The van der Waals surface area contributed by atoms with E-state index in [1.807, 2.05) is 12.1 Å². The SMILES string of the molecule is CN1Cc2ccccc2C(Oc2ccc([N+](=O)[O-])cc2)C1. The van der Waals surface area contributed by atoms with Crippen LogP contribution in [0.25, 0.3) is 0 Å². The lowest BCUT2D eigenvalue weighted by molar-refractivity contribution is -0.384. The van der Waals surface area contributed by atoms with Gasteiger partial charge in [0, 0.05) is 25.2 Å².